The summed E-state index contributed by atoms with van der Waals surface area (Å²) in [5, 5.41) is 17.4. The summed E-state index contributed by atoms with van der Waals surface area (Å²) >= 11 is 0. The Morgan fingerprint density at radius 2 is 2.00 bits per heavy atom. The summed E-state index contributed by atoms with van der Waals surface area (Å²) in [6, 6.07) is 0. The zero-order valence-electron chi connectivity index (χ0n) is 4.49. The summed E-state index contributed by atoms with van der Waals surface area (Å²) in [5.41, 5.74) is 0. The van der Waals surface area contributed by atoms with Gasteiger partial charge in [-0.2, -0.15) is 0 Å². The highest BCUT2D eigenvalue weighted by Crippen LogP contribution is 1.71. The Labute approximate surface area is 50.9 Å². The van der Waals surface area contributed by atoms with Gasteiger partial charge in [0, 0.05) is 0 Å². The van der Waals surface area contributed by atoms with Crippen molar-refractivity contribution in [3.63, 3.8) is 0 Å². The SMILES string of the molecule is O=C([O-])COCC(=O)O. The van der Waals surface area contributed by atoms with Gasteiger partial charge in [0.15, 0.2) is 0 Å². The molecule has 0 aromatic rings. The molecule has 5 nitrogen and oxygen atoms in total. The highest BCUT2D eigenvalue weighted by molar-refractivity contribution is 5.69. The molecule has 9 heavy (non-hydrogen) atoms. The van der Waals surface area contributed by atoms with Crippen LogP contribution in [0.5, 0.6) is 0 Å². The van der Waals surface area contributed by atoms with Crippen molar-refractivity contribution in [2.75, 3.05) is 13.2 Å². The van der Waals surface area contributed by atoms with Gasteiger partial charge in [-0.1, -0.05) is 0 Å². The molecule has 0 aromatic carbocycles. The number of rotatable bonds is 4. The van der Waals surface area contributed by atoms with E-state index in [-0.39, 0.29) is 0 Å². The van der Waals surface area contributed by atoms with E-state index in [0.29, 0.717) is 0 Å². The molecule has 0 aromatic heterocycles. The minimum atomic E-state index is -1.42. The highest BCUT2D eigenvalue weighted by atomic mass is 16.5. The van der Waals surface area contributed by atoms with E-state index in [1.807, 2.05) is 0 Å². The van der Waals surface area contributed by atoms with Crippen LogP contribution in [0.1, 0.15) is 0 Å². The van der Waals surface area contributed by atoms with E-state index in [4.69, 9.17) is 5.11 Å². The molecule has 1 N–H and O–H groups in total. The fraction of sp³-hybridized carbons (Fsp3) is 0.500. The third-order valence-corrected chi connectivity index (χ3v) is 0.445. The lowest BCUT2D eigenvalue weighted by Gasteiger charge is -1.99. The normalized spacial score (nSPS) is 8.89. The van der Waals surface area contributed by atoms with E-state index in [1.54, 1.807) is 0 Å². The van der Waals surface area contributed by atoms with Crippen LogP contribution in [0.3, 0.4) is 0 Å². The molecule has 0 atom stereocenters. The minimum Gasteiger partial charge on any atom is -0.548 e. The number of aliphatic carboxylic acids is 2. The van der Waals surface area contributed by atoms with Crippen molar-refractivity contribution in [3.8, 4) is 0 Å². The second-order valence-corrected chi connectivity index (χ2v) is 1.26. The van der Waals surface area contributed by atoms with Crippen LogP contribution in [-0.4, -0.2) is 30.3 Å². The molecule has 0 aliphatic heterocycles. The van der Waals surface area contributed by atoms with Gasteiger partial charge in [-0.05, 0) is 0 Å². The van der Waals surface area contributed by atoms with Crippen LogP contribution in [0.2, 0.25) is 0 Å². The van der Waals surface area contributed by atoms with Gasteiger partial charge in [-0.25, -0.2) is 4.79 Å². The first kappa shape index (κ1) is 7.90. The summed E-state index contributed by atoms with van der Waals surface area (Å²) in [5.74, 6) is -2.62. The first-order valence-corrected chi connectivity index (χ1v) is 2.12. The molecule has 0 spiro atoms. The smallest absolute Gasteiger partial charge is 0.329 e. The number of carboxylic acids is 2. The summed E-state index contributed by atoms with van der Waals surface area (Å²) in [4.78, 5) is 19.2. The van der Waals surface area contributed by atoms with Crippen molar-refractivity contribution in [1.82, 2.24) is 0 Å². The Morgan fingerprint density at radius 1 is 1.44 bits per heavy atom. The van der Waals surface area contributed by atoms with Gasteiger partial charge in [-0.3, -0.25) is 0 Å². The van der Waals surface area contributed by atoms with Crippen LogP contribution < -0.4 is 5.11 Å². The second kappa shape index (κ2) is 3.85. The molecule has 0 amide bonds. The van der Waals surface area contributed by atoms with Crippen LogP contribution in [0.15, 0.2) is 0 Å². The molecule has 5 heteroatoms. The van der Waals surface area contributed by atoms with Crippen LogP contribution in [0.4, 0.5) is 0 Å². The molecule has 0 saturated heterocycles. The maximum absolute atomic E-state index is 9.64. The number of carboxylic acid groups (broad SMARTS) is 2. The standard InChI is InChI=1S/C4H6O5/c5-3(6)1-9-2-4(7)8/h1-2H2,(H,5,6)(H,7,8)/p-1. The molecule has 0 unspecified atom stereocenters. The van der Waals surface area contributed by atoms with Crippen molar-refractivity contribution in [1.29, 1.82) is 0 Å². The fourth-order valence-electron chi connectivity index (χ4n) is 0.222. The summed E-state index contributed by atoms with van der Waals surface area (Å²) < 4.78 is 4.09. The monoisotopic (exact) mass is 133 g/mol. The van der Waals surface area contributed by atoms with E-state index in [9.17, 15) is 14.7 Å². The molecule has 0 fully saturated rings. The van der Waals surface area contributed by atoms with Gasteiger partial charge in [0.2, 0.25) is 0 Å². The van der Waals surface area contributed by atoms with Crippen LogP contribution in [0, 0.1) is 0 Å². The van der Waals surface area contributed by atoms with Crippen molar-refractivity contribution in [3.05, 3.63) is 0 Å². The lowest BCUT2D eigenvalue weighted by atomic mass is 10.7. The summed E-state index contributed by atoms with van der Waals surface area (Å²) in [6.45, 7) is -1.28. The van der Waals surface area contributed by atoms with E-state index >= 15 is 0 Å². The third-order valence-electron chi connectivity index (χ3n) is 0.445. The van der Waals surface area contributed by atoms with Gasteiger partial charge in [-0.15, -0.1) is 0 Å². The predicted octanol–water partition coefficient (Wildman–Crippen LogP) is -2.16. The Morgan fingerprint density at radius 3 is 2.33 bits per heavy atom. The van der Waals surface area contributed by atoms with Crippen molar-refractivity contribution >= 4 is 11.9 Å². The Kier molecular flexibility index (Phi) is 3.38. The van der Waals surface area contributed by atoms with Gasteiger partial charge in [0.1, 0.15) is 6.61 Å². The van der Waals surface area contributed by atoms with Crippen LogP contribution in [-0.2, 0) is 14.3 Å². The van der Waals surface area contributed by atoms with Gasteiger partial charge in [0.25, 0.3) is 0 Å². The molecular formula is C4H5O5-. The second-order valence-electron chi connectivity index (χ2n) is 1.26. The molecule has 0 heterocycles. The van der Waals surface area contributed by atoms with Crippen LogP contribution >= 0.6 is 0 Å². The van der Waals surface area contributed by atoms with E-state index in [2.05, 4.69) is 4.74 Å². The highest BCUT2D eigenvalue weighted by Gasteiger charge is 1.94. The first-order valence-electron chi connectivity index (χ1n) is 2.12. The van der Waals surface area contributed by atoms with Gasteiger partial charge < -0.3 is 19.7 Å². The third kappa shape index (κ3) is 6.90. The molecule has 52 valence electrons. The average molecular weight is 133 g/mol. The number of hydrogen-bond donors (Lipinski definition) is 1. The van der Waals surface area contributed by atoms with Crippen molar-refractivity contribution in [2.24, 2.45) is 0 Å². The molecule has 0 bridgehead atoms. The molecule has 0 radical (unpaired) electrons. The predicted molar refractivity (Wildman–Crippen MR) is 23.5 cm³/mol. The van der Waals surface area contributed by atoms with Crippen LogP contribution in [0.25, 0.3) is 0 Å². The lowest BCUT2D eigenvalue weighted by Crippen LogP contribution is -2.28. The Balaban J connectivity index is 3.10. The zero-order chi connectivity index (χ0) is 7.28. The average Bonchev–Trinajstić information content (AvgIpc) is 1.63. The zero-order valence-corrected chi connectivity index (χ0v) is 4.49. The van der Waals surface area contributed by atoms with E-state index in [0.717, 1.165) is 0 Å². The number of hydrogen-bond acceptors (Lipinski definition) is 4. The maximum Gasteiger partial charge on any atom is 0.329 e. The topological polar surface area (TPSA) is 86.7 Å². The van der Waals surface area contributed by atoms with E-state index < -0.39 is 25.2 Å². The van der Waals surface area contributed by atoms with Gasteiger partial charge in [0.05, 0.1) is 12.6 Å². The minimum absolute atomic E-state index is 0.603. The van der Waals surface area contributed by atoms with Crippen molar-refractivity contribution < 1.29 is 24.5 Å². The van der Waals surface area contributed by atoms with E-state index in [1.165, 1.54) is 0 Å². The molecule has 0 rings (SSSR count). The number of ether oxygens (including phenoxy) is 1. The molecule has 0 aliphatic carbocycles. The quantitative estimate of drug-likeness (QED) is 0.472. The molecular weight excluding hydrogens is 128 g/mol. The molecule has 0 saturated carbocycles. The molecule has 0 aliphatic rings. The number of carbonyl (C=O) groups excluding carboxylic acids is 1. The van der Waals surface area contributed by atoms with Gasteiger partial charge >= 0.3 is 5.97 Å². The Bertz CT molecular complexity index is 104. The first-order chi connectivity index (χ1) is 4.13. The Hall–Kier alpha value is -1.10. The maximum atomic E-state index is 9.64. The lowest BCUT2D eigenvalue weighted by molar-refractivity contribution is -0.309. The van der Waals surface area contributed by atoms with Crippen molar-refractivity contribution in [2.45, 2.75) is 0 Å². The largest absolute Gasteiger partial charge is 0.548 e. The summed E-state index contributed by atoms with van der Waals surface area (Å²) in [7, 11) is 0. The fourth-order valence-corrected chi connectivity index (χ4v) is 0.222. The summed E-state index contributed by atoms with van der Waals surface area (Å²) in [6.07, 6.45) is 0. The number of carbonyl (C=O) groups is 2.